The predicted molar refractivity (Wildman–Crippen MR) is 72.0 cm³/mol. The molecule has 1 saturated carbocycles. The van der Waals surface area contributed by atoms with E-state index in [1.165, 1.54) is 41.3 Å². The summed E-state index contributed by atoms with van der Waals surface area (Å²) in [4.78, 5) is 0. The van der Waals surface area contributed by atoms with Crippen LogP contribution in [0.5, 0.6) is 0 Å². The monoisotopic (exact) mass is 330 g/mol. The molecule has 1 aliphatic rings. The van der Waals surface area contributed by atoms with Crippen molar-refractivity contribution in [2.24, 2.45) is 0 Å². The molecule has 16 heavy (non-hydrogen) atoms. The van der Waals surface area contributed by atoms with Gasteiger partial charge in [0.2, 0.25) is 0 Å². The van der Waals surface area contributed by atoms with E-state index in [0.717, 1.165) is 3.97 Å². The van der Waals surface area contributed by atoms with Crippen LogP contribution in [0.4, 0.5) is 0 Å². The summed E-state index contributed by atoms with van der Waals surface area (Å²) in [6.45, 7) is 6.31. The molecule has 0 N–H and O–H groups in total. The van der Waals surface area contributed by atoms with Crippen LogP contribution in [0.3, 0.4) is 0 Å². The zero-order valence-corrected chi connectivity index (χ0v) is 12.4. The van der Waals surface area contributed by atoms with Crippen LogP contribution in [0.2, 0.25) is 3.97 Å². The van der Waals surface area contributed by atoms with Crippen molar-refractivity contribution in [3.05, 3.63) is 47.5 Å². The Balaban J connectivity index is 1.82. The molecular weight excluding hydrogens is 308 g/mol. The maximum absolute atomic E-state index is 4.15. The molecule has 2 rings (SSSR count). The quantitative estimate of drug-likeness (QED) is 0.578. The molecule has 0 aromatic heterocycles. The molecule has 1 aliphatic carbocycles. The SMILES string of the molecule is C=C1CCCC([Te]Cc2ccc(C)cc2)C1. The summed E-state index contributed by atoms with van der Waals surface area (Å²) >= 11 is 0.144. The molecule has 1 aromatic carbocycles. The van der Waals surface area contributed by atoms with Crippen molar-refractivity contribution in [1.82, 2.24) is 0 Å². The molecule has 0 bridgehead atoms. The molecular formula is C15H20Te. The third kappa shape index (κ3) is 3.65. The van der Waals surface area contributed by atoms with E-state index in [4.69, 9.17) is 0 Å². The van der Waals surface area contributed by atoms with Crippen LogP contribution >= 0.6 is 0 Å². The van der Waals surface area contributed by atoms with Gasteiger partial charge in [0.25, 0.3) is 0 Å². The van der Waals surface area contributed by atoms with E-state index in [1.54, 1.807) is 5.56 Å². The van der Waals surface area contributed by atoms with Crippen LogP contribution in [0, 0.1) is 6.92 Å². The van der Waals surface area contributed by atoms with Gasteiger partial charge in [-0.25, -0.2) is 0 Å². The van der Waals surface area contributed by atoms with Gasteiger partial charge in [-0.1, -0.05) is 0 Å². The summed E-state index contributed by atoms with van der Waals surface area (Å²) in [6, 6.07) is 9.08. The third-order valence-electron chi connectivity index (χ3n) is 3.18. The van der Waals surface area contributed by atoms with Crippen molar-refractivity contribution in [1.29, 1.82) is 0 Å². The minimum absolute atomic E-state index is 0.144. The van der Waals surface area contributed by atoms with E-state index in [2.05, 4.69) is 37.8 Å². The van der Waals surface area contributed by atoms with Gasteiger partial charge >= 0.3 is 110 Å². The van der Waals surface area contributed by atoms with Crippen LogP contribution < -0.4 is 0 Å². The van der Waals surface area contributed by atoms with E-state index >= 15 is 0 Å². The van der Waals surface area contributed by atoms with Crippen molar-refractivity contribution >= 4 is 20.9 Å². The summed E-state index contributed by atoms with van der Waals surface area (Å²) in [5.41, 5.74) is 4.42. The zero-order chi connectivity index (χ0) is 11.4. The first-order valence-electron chi connectivity index (χ1n) is 6.08. The van der Waals surface area contributed by atoms with E-state index in [-0.39, 0.29) is 20.9 Å². The van der Waals surface area contributed by atoms with Crippen molar-refractivity contribution in [2.45, 2.75) is 41.0 Å². The zero-order valence-electron chi connectivity index (χ0n) is 10.0. The van der Waals surface area contributed by atoms with Gasteiger partial charge in [0, 0.05) is 0 Å². The molecule has 1 atom stereocenters. The molecule has 1 fully saturated rings. The Bertz CT molecular complexity index is 350. The topological polar surface area (TPSA) is 0 Å². The fraction of sp³-hybridized carbons (Fsp3) is 0.467. The first-order chi connectivity index (χ1) is 7.74. The van der Waals surface area contributed by atoms with Crippen molar-refractivity contribution in [3.8, 4) is 0 Å². The van der Waals surface area contributed by atoms with E-state index in [0.29, 0.717) is 0 Å². The second kappa shape index (κ2) is 5.89. The van der Waals surface area contributed by atoms with Crippen LogP contribution in [-0.4, -0.2) is 20.9 Å². The van der Waals surface area contributed by atoms with Crippen LogP contribution in [0.1, 0.15) is 36.8 Å². The average molecular weight is 328 g/mol. The molecule has 1 aromatic rings. The van der Waals surface area contributed by atoms with Crippen LogP contribution in [-0.2, 0) is 4.47 Å². The van der Waals surface area contributed by atoms with Gasteiger partial charge in [-0.15, -0.1) is 0 Å². The van der Waals surface area contributed by atoms with Gasteiger partial charge in [0.15, 0.2) is 0 Å². The first kappa shape index (κ1) is 12.2. The average Bonchev–Trinajstić information content (AvgIpc) is 2.28. The van der Waals surface area contributed by atoms with E-state index in [9.17, 15) is 0 Å². The normalized spacial score (nSPS) is 21.1. The van der Waals surface area contributed by atoms with Crippen LogP contribution in [0.25, 0.3) is 0 Å². The van der Waals surface area contributed by atoms with Gasteiger partial charge in [0.05, 0.1) is 0 Å². The van der Waals surface area contributed by atoms with Gasteiger partial charge in [-0.05, 0) is 0 Å². The summed E-state index contributed by atoms with van der Waals surface area (Å²) in [5, 5.41) is 0. The summed E-state index contributed by atoms with van der Waals surface area (Å²) < 4.78 is 2.39. The number of allylic oxidation sites excluding steroid dienone is 1. The number of hydrogen-bond acceptors (Lipinski definition) is 0. The Morgan fingerprint density at radius 2 is 2.06 bits per heavy atom. The van der Waals surface area contributed by atoms with Crippen molar-refractivity contribution in [2.75, 3.05) is 0 Å². The molecule has 1 heteroatoms. The Morgan fingerprint density at radius 1 is 1.31 bits per heavy atom. The van der Waals surface area contributed by atoms with Crippen molar-refractivity contribution in [3.63, 3.8) is 0 Å². The molecule has 0 amide bonds. The maximum atomic E-state index is 4.15. The summed E-state index contributed by atoms with van der Waals surface area (Å²) in [5.74, 6) is 0. The van der Waals surface area contributed by atoms with Crippen LogP contribution in [0.15, 0.2) is 36.4 Å². The Kier molecular flexibility index (Phi) is 4.50. The molecule has 0 nitrogen and oxygen atoms in total. The molecule has 0 radical (unpaired) electrons. The molecule has 1 unspecified atom stereocenters. The fourth-order valence-electron chi connectivity index (χ4n) is 2.15. The Morgan fingerprint density at radius 3 is 2.75 bits per heavy atom. The Hall–Kier alpha value is -0.250. The summed E-state index contributed by atoms with van der Waals surface area (Å²) in [7, 11) is 0. The first-order valence-corrected chi connectivity index (χ1v) is 9.07. The fourth-order valence-corrected chi connectivity index (χ4v) is 5.88. The molecule has 86 valence electrons. The standard InChI is InChI=1S/C15H20Te/c1-12-6-8-14(9-7-12)11-16-15-5-3-4-13(2)10-15/h6-9,15H,2-5,10-11H2,1H3. The number of benzene rings is 1. The number of aryl methyl sites for hydroxylation is 1. The molecule has 0 aliphatic heterocycles. The second-order valence-corrected chi connectivity index (χ2v) is 8.44. The van der Waals surface area contributed by atoms with Gasteiger partial charge in [0.1, 0.15) is 0 Å². The van der Waals surface area contributed by atoms with Crippen molar-refractivity contribution < 1.29 is 0 Å². The third-order valence-corrected chi connectivity index (χ3v) is 7.10. The Labute approximate surface area is 109 Å². The van der Waals surface area contributed by atoms with E-state index in [1.807, 2.05) is 0 Å². The summed E-state index contributed by atoms with van der Waals surface area (Å²) in [6.07, 6.45) is 5.47. The molecule has 0 spiro atoms. The number of hydrogen-bond donors (Lipinski definition) is 0. The van der Waals surface area contributed by atoms with Gasteiger partial charge in [-0.3, -0.25) is 0 Å². The predicted octanol–water partition coefficient (Wildman–Crippen LogP) is 4.12. The van der Waals surface area contributed by atoms with E-state index < -0.39 is 0 Å². The van der Waals surface area contributed by atoms with Gasteiger partial charge in [-0.2, -0.15) is 0 Å². The number of rotatable bonds is 3. The molecule has 0 saturated heterocycles. The second-order valence-electron chi connectivity index (χ2n) is 4.76. The molecule has 0 heterocycles. The van der Waals surface area contributed by atoms with Gasteiger partial charge < -0.3 is 0 Å². The minimum atomic E-state index is 0.144.